The van der Waals surface area contributed by atoms with Gasteiger partial charge in [0.1, 0.15) is 12.1 Å². The van der Waals surface area contributed by atoms with Crippen molar-refractivity contribution in [3.8, 4) is 0 Å². The molecule has 14 heavy (non-hydrogen) atoms. The van der Waals surface area contributed by atoms with E-state index < -0.39 is 24.0 Å². The van der Waals surface area contributed by atoms with Crippen molar-refractivity contribution < 1.29 is 19.4 Å². The summed E-state index contributed by atoms with van der Waals surface area (Å²) >= 11 is 0. The molecule has 1 unspecified atom stereocenters. The lowest BCUT2D eigenvalue weighted by atomic mass is 10.2. The normalized spacial score (nSPS) is 13.9. The first kappa shape index (κ1) is 12.6. The summed E-state index contributed by atoms with van der Waals surface area (Å²) in [7, 11) is 1.23. The Labute approximate surface area is 82.7 Å². The maximum absolute atomic E-state index is 11.1. The summed E-state index contributed by atoms with van der Waals surface area (Å²) in [5.41, 5.74) is 0. The molecule has 0 aliphatic heterocycles. The number of hydrogen-bond donors (Lipinski definition) is 2. The molecular formula is C9H15NO4. The highest BCUT2D eigenvalue weighted by atomic mass is 16.5. The van der Waals surface area contributed by atoms with Crippen molar-refractivity contribution in [2.24, 2.45) is 0 Å². The summed E-state index contributed by atoms with van der Waals surface area (Å²) < 4.78 is 4.40. The monoisotopic (exact) mass is 201 g/mol. The number of hydrogen-bond acceptors (Lipinski definition) is 4. The molecule has 0 aliphatic rings. The number of amides is 1. The molecule has 0 spiro atoms. The van der Waals surface area contributed by atoms with Crippen LogP contribution in [0, 0.1) is 0 Å². The summed E-state index contributed by atoms with van der Waals surface area (Å²) in [5, 5.41) is 11.5. The van der Waals surface area contributed by atoms with E-state index in [9.17, 15) is 14.7 Å². The molecule has 0 fully saturated rings. The third-order valence-corrected chi connectivity index (χ3v) is 1.61. The zero-order chi connectivity index (χ0) is 11.1. The highest BCUT2D eigenvalue weighted by Crippen LogP contribution is 1.94. The molecule has 2 N–H and O–H groups in total. The van der Waals surface area contributed by atoms with Gasteiger partial charge in [-0.2, -0.15) is 0 Å². The van der Waals surface area contributed by atoms with Gasteiger partial charge in [0.15, 0.2) is 0 Å². The first-order valence-electron chi connectivity index (χ1n) is 4.20. The Morgan fingerprint density at radius 1 is 1.64 bits per heavy atom. The molecule has 0 radical (unpaired) electrons. The predicted molar refractivity (Wildman–Crippen MR) is 50.4 cm³/mol. The van der Waals surface area contributed by atoms with Crippen LogP contribution in [0.5, 0.6) is 0 Å². The van der Waals surface area contributed by atoms with Crippen molar-refractivity contribution in [1.82, 2.24) is 5.32 Å². The number of carbonyl (C=O) groups excluding carboxylic acids is 2. The summed E-state index contributed by atoms with van der Waals surface area (Å²) in [4.78, 5) is 22.0. The highest BCUT2D eigenvalue weighted by Gasteiger charge is 2.19. The van der Waals surface area contributed by atoms with Crippen molar-refractivity contribution in [3.63, 3.8) is 0 Å². The number of nitrogens with one attached hydrogen (secondary N) is 1. The second kappa shape index (κ2) is 6.15. The Kier molecular flexibility index (Phi) is 5.55. The first-order chi connectivity index (χ1) is 6.52. The number of ether oxygens (including phenoxy) is 1. The van der Waals surface area contributed by atoms with Gasteiger partial charge in [-0.3, -0.25) is 4.79 Å². The summed E-state index contributed by atoms with van der Waals surface area (Å²) in [6, 6.07) is -0.757. The van der Waals surface area contributed by atoms with E-state index in [0.717, 1.165) is 0 Å². The molecule has 1 amide bonds. The Morgan fingerprint density at radius 3 is 2.64 bits per heavy atom. The minimum absolute atomic E-state index is 0.153. The van der Waals surface area contributed by atoms with Crippen molar-refractivity contribution in [3.05, 3.63) is 12.7 Å². The van der Waals surface area contributed by atoms with Crippen LogP contribution in [0.15, 0.2) is 12.7 Å². The Morgan fingerprint density at radius 2 is 2.21 bits per heavy atom. The van der Waals surface area contributed by atoms with Crippen molar-refractivity contribution in [1.29, 1.82) is 0 Å². The molecule has 0 bridgehead atoms. The summed E-state index contributed by atoms with van der Waals surface area (Å²) in [6.07, 6.45) is 0.409. The highest BCUT2D eigenvalue weighted by molar-refractivity contribution is 5.86. The van der Waals surface area contributed by atoms with Gasteiger partial charge in [0.25, 0.3) is 0 Å². The standard InChI is InChI=1S/C9H15NO4/c1-4-5-7(11)8(12)10-6(2)9(13)14-3/h4,6-7,11H,1,5H2,2-3H3,(H,10,12)/t6-,7?/m0/s1. The van der Waals surface area contributed by atoms with Gasteiger partial charge in [-0.1, -0.05) is 6.08 Å². The number of aliphatic hydroxyl groups is 1. The van der Waals surface area contributed by atoms with Crippen molar-refractivity contribution in [2.45, 2.75) is 25.5 Å². The third kappa shape index (κ3) is 4.04. The van der Waals surface area contributed by atoms with Crippen LogP contribution < -0.4 is 5.32 Å². The molecule has 0 saturated carbocycles. The predicted octanol–water partition coefficient (Wildman–Crippen LogP) is -0.399. The van der Waals surface area contributed by atoms with E-state index in [4.69, 9.17) is 0 Å². The van der Waals surface area contributed by atoms with Crippen LogP contribution in [0.3, 0.4) is 0 Å². The Balaban J connectivity index is 4.04. The molecule has 0 aromatic heterocycles. The zero-order valence-corrected chi connectivity index (χ0v) is 8.32. The average Bonchev–Trinajstić information content (AvgIpc) is 2.16. The van der Waals surface area contributed by atoms with E-state index in [-0.39, 0.29) is 6.42 Å². The van der Waals surface area contributed by atoms with Crippen LogP contribution in [0.1, 0.15) is 13.3 Å². The maximum Gasteiger partial charge on any atom is 0.328 e. The molecule has 2 atom stereocenters. The van der Waals surface area contributed by atoms with Crippen molar-refractivity contribution >= 4 is 11.9 Å². The van der Waals surface area contributed by atoms with Gasteiger partial charge in [-0.15, -0.1) is 6.58 Å². The number of methoxy groups -OCH3 is 1. The van der Waals surface area contributed by atoms with Crippen LogP contribution in [-0.2, 0) is 14.3 Å². The van der Waals surface area contributed by atoms with Gasteiger partial charge in [0.05, 0.1) is 7.11 Å². The smallest absolute Gasteiger partial charge is 0.328 e. The molecule has 5 heteroatoms. The summed E-state index contributed by atoms with van der Waals surface area (Å²) in [5.74, 6) is -1.16. The topological polar surface area (TPSA) is 75.6 Å². The maximum atomic E-state index is 11.1. The van der Waals surface area contributed by atoms with E-state index in [0.29, 0.717) is 0 Å². The molecule has 0 aromatic carbocycles. The van der Waals surface area contributed by atoms with Crippen LogP contribution >= 0.6 is 0 Å². The minimum atomic E-state index is -1.17. The second-order valence-corrected chi connectivity index (χ2v) is 2.79. The largest absolute Gasteiger partial charge is 0.467 e. The van der Waals surface area contributed by atoms with E-state index in [2.05, 4.69) is 16.6 Å². The molecule has 80 valence electrons. The number of rotatable bonds is 5. The second-order valence-electron chi connectivity index (χ2n) is 2.79. The average molecular weight is 201 g/mol. The fourth-order valence-corrected chi connectivity index (χ4v) is 0.810. The van der Waals surface area contributed by atoms with E-state index in [1.165, 1.54) is 20.1 Å². The summed E-state index contributed by atoms with van der Waals surface area (Å²) in [6.45, 7) is 4.86. The van der Waals surface area contributed by atoms with Gasteiger partial charge in [-0.05, 0) is 6.92 Å². The Hall–Kier alpha value is -1.36. The fourth-order valence-electron chi connectivity index (χ4n) is 0.810. The SMILES string of the molecule is C=CCC(O)C(=O)N[C@@H](C)C(=O)OC. The lowest BCUT2D eigenvalue weighted by Crippen LogP contribution is -2.44. The lowest BCUT2D eigenvalue weighted by molar-refractivity contribution is -0.145. The van der Waals surface area contributed by atoms with Gasteiger partial charge < -0.3 is 15.2 Å². The lowest BCUT2D eigenvalue weighted by Gasteiger charge is -2.13. The fraction of sp³-hybridized carbons (Fsp3) is 0.556. The number of aliphatic hydroxyl groups excluding tert-OH is 1. The van der Waals surface area contributed by atoms with Crippen molar-refractivity contribution in [2.75, 3.05) is 7.11 Å². The minimum Gasteiger partial charge on any atom is -0.467 e. The molecule has 0 aliphatic carbocycles. The zero-order valence-electron chi connectivity index (χ0n) is 8.32. The van der Waals surface area contributed by atoms with E-state index in [1.807, 2.05) is 0 Å². The van der Waals surface area contributed by atoms with Crippen LogP contribution in [0.4, 0.5) is 0 Å². The number of carbonyl (C=O) groups is 2. The van der Waals surface area contributed by atoms with E-state index >= 15 is 0 Å². The van der Waals surface area contributed by atoms with Gasteiger partial charge in [0, 0.05) is 6.42 Å². The molecule has 0 heterocycles. The van der Waals surface area contributed by atoms with Crippen LogP contribution in [-0.4, -0.2) is 36.2 Å². The third-order valence-electron chi connectivity index (χ3n) is 1.61. The van der Waals surface area contributed by atoms with Crippen LogP contribution in [0.2, 0.25) is 0 Å². The molecule has 0 rings (SSSR count). The molecular weight excluding hydrogens is 186 g/mol. The van der Waals surface area contributed by atoms with Gasteiger partial charge >= 0.3 is 5.97 Å². The molecule has 0 aromatic rings. The quantitative estimate of drug-likeness (QED) is 0.469. The Bertz CT molecular complexity index is 227. The first-order valence-corrected chi connectivity index (χ1v) is 4.20. The van der Waals surface area contributed by atoms with Gasteiger partial charge in [-0.25, -0.2) is 4.79 Å². The van der Waals surface area contributed by atoms with Crippen LogP contribution in [0.25, 0.3) is 0 Å². The van der Waals surface area contributed by atoms with Gasteiger partial charge in [0.2, 0.25) is 5.91 Å². The molecule has 0 saturated heterocycles. The van der Waals surface area contributed by atoms with E-state index in [1.54, 1.807) is 0 Å². The number of esters is 1. The molecule has 5 nitrogen and oxygen atoms in total.